The molecule has 1 aliphatic heterocycles. The quantitative estimate of drug-likeness (QED) is 0.794. The molecule has 0 spiro atoms. The van der Waals surface area contributed by atoms with E-state index in [-0.39, 0.29) is 11.0 Å². The van der Waals surface area contributed by atoms with Crippen LogP contribution >= 0.6 is 0 Å². The zero-order chi connectivity index (χ0) is 16.2. The van der Waals surface area contributed by atoms with E-state index in [9.17, 15) is 8.42 Å². The highest BCUT2D eigenvalue weighted by Crippen LogP contribution is 2.19. The van der Waals surface area contributed by atoms with Crippen molar-refractivity contribution < 1.29 is 13.2 Å². The summed E-state index contributed by atoms with van der Waals surface area (Å²) < 4.78 is 32.3. The number of ether oxygens (including phenoxy) is 1. The van der Waals surface area contributed by atoms with Gasteiger partial charge in [0.15, 0.2) is 0 Å². The largest absolute Gasteiger partial charge is 0.475 e. The third kappa shape index (κ3) is 3.97. The second-order valence-corrected chi connectivity index (χ2v) is 7.45. The van der Waals surface area contributed by atoms with E-state index >= 15 is 0 Å². The maximum atomic E-state index is 12.6. The van der Waals surface area contributed by atoms with Crippen molar-refractivity contribution >= 4 is 10.0 Å². The van der Waals surface area contributed by atoms with Crippen molar-refractivity contribution in [3.05, 3.63) is 18.3 Å². The average Bonchev–Trinajstić information content (AvgIpc) is 2.55. The molecular weight excluding hydrogens is 302 g/mol. The van der Waals surface area contributed by atoms with Crippen LogP contribution in [0.3, 0.4) is 0 Å². The number of rotatable bonds is 6. The molecule has 1 fully saturated rings. The number of pyridine rings is 1. The molecule has 7 heteroatoms. The van der Waals surface area contributed by atoms with Crippen LogP contribution in [0.15, 0.2) is 23.2 Å². The van der Waals surface area contributed by atoms with Crippen LogP contribution in [0.4, 0.5) is 0 Å². The van der Waals surface area contributed by atoms with E-state index in [1.807, 2.05) is 13.8 Å². The monoisotopic (exact) mass is 327 g/mol. The smallest absolute Gasteiger partial charge is 0.244 e. The van der Waals surface area contributed by atoms with Gasteiger partial charge in [-0.1, -0.05) is 13.8 Å². The highest BCUT2D eigenvalue weighted by molar-refractivity contribution is 7.89. The molecule has 1 atom stereocenters. The first-order valence-corrected chi connectivity index (χ1v) is 9.26. The molecule has 1 aromatic rings. The summed E-state index contributed by atoms with van der Waals surface area (Å²) in [6, 6.07) is 3.20. The molecule has 0 aromatic carbocycles. The summed E-state index contributed by atoms with van der Waals surface area (Å²) in [5.74, 6) is 0.462. The highest BCUT2D eigenvalue weighted by Gasteiger charge is 2.28. The van der Waals surface area contributed by atoms with Gasteiger partial charge in [0.05, 0.1) is 12.3 Å². The van der Waals surface area contributed by atoms with Crippen LogP contribution in [-0.4, -0.2) is 61.4 Å². The summed E-state index contributed by atoms with van der Waals surface area (Å²) in [6.07, 6.45) is 2.33. The van der Waals surface area contributed by atoms with Gasteiger partial charge in [-0.2, -0.15) is 4.31 Å². The van der Waals surface area contributed by atoms with Gasteiger partial charge in [0, 0.05) is 32.2 Å². The standard InChI is InChI=1S/C15H25N3O3S/c1-4-13(3)21-15-7-6-14(12-16-15)22(19,20)18-10-8-17(5-2)9-11-18/h6-7,12-13H,4-5,8-11H2,1-3H3/t13-/m1/s1. The van der Waals surface area contributed by atoms with Crippen molar-refractivity contribution in [2.45, 2.75) is 38.2 Å². The Bertz CT molecular complexity index is 566. The van der Waals surface area contributed by atoms with E-state index in [0.717, 1.165) is 26.1 Å². The summed E-state index contributed by atoms with van der Waals surface area (Å²) in [6.45, 7) is 9.64. The molecule has 0 radical (unpaired) electrons. The van der Waals surface area contributed by atoms with Gasteiger partial charge in [-0.3, -0.25) is 0 Å². The van der Waals surface area contributed by atoms with E-state index in [2.05, 4.69) is 16.8 Å². The number of hydrogen-bond donors (Lipinski definition) is 0. The predicted molar refractivity (Wildman–Crippen MR) is 85.5 cm³/mol. The molecule has 1 aromatic heterocycles. The van der Waals surface area contributed by atoms with Crippen LogP contribution in [-0.2, 0) is 10.0 Å². The molecule has 2 rings (SSSR count). The van der Waals surface area contributed by atoms with Crippen LogP contribution < -0.4 is 4.74 Å². The minimum atomic E-state index is -3.46. The molecule has 0 saturated carbocycles. The fourth-order valence-corrected chi connectivity index (χ4v) is 3.68. The predicted octanol–water partition coefficient (Wildman–Crippen LogP) is 1.59. The summed E-state index contributed by atoms with van der Waals surface area (Å²) in [5.41, 5.74) is 0. The lowest BCUT2D eigenvalue weighted by Crippen LogP contribution is -2.48. The zero-order valence-corrected chi connectivity index (χ0v) is 14.3. The fraction of sp³-hybridized carbons (Fsp3) is 0.667. The maximum absolute atomic E-state index is 12.6. The average molecular weight is 327 g/mol. The van der Waals surface area contributed by atoms with Gasteiger partial charge < -0.3 is 9.64 Å². The lowest BCUT2D eigenvalue weighted by molar-refractivity contribution is 0.196. The van der Waals surface area contributed by atoms with Gasteiger partial charge in [0.2, 0.25) is 15.9 Å². The van der Waals surface area contributed by atoms with E-state index in [0.29, 0.717) is 19.0 Å². The molecule has 2 heterocycles. The van der Waals surface area contributed by atoms with E-state index in [4.69, 9.17) is 4.74 Å². The summed E-state index contributed by atoms with van der Waals surface area (Å²) in [4.78, 5) is 6.59. The molecule has 124 valence electrons. The van der Waals surface area contributed by atoms with E-state index in [1.165, 1.54) is 10.5 Å². The molecular formula is C15H25N3O3S. The van der Waals surface area contributed by atoms with Gasteiger partial charge in [-0.05, 0) is 26.0 Å². The van der Waals surface area contributed by atoms with Crippen LogP contribution in [0.2, 0.25) is 0 Å². The molecule has 0 aliphatic carbocycles. The molecule has 0 N–H and O–H groups in total. The van der Waals surface area contributed by atoms with Crippen LogP contribution in [0.25, 0.3) is 0 Å². The minimum absolute atomic E-state index is 0.0667. The second-order valence-electron chi connectivity index (χ2n) is 5.51. The zero-order valence-electron chi connectivity index (χ0n) is 13.5. The number of hydrogen-bond acceptors (Lipinski definition) is 5. The Morgan fingerprint density at radius 1 is 1.23 bits per heavy atom. The first-order chi connectivity index (χ1) is 10.5. The lowest BCUT2D eigenvalue weighted by Gasteiger charge is -2.33. The Labute approximate surface area is 133 Å². The molecule has 1 saturated heterocycles. The van der Waals surface area contributed by atoms with Gasteiger partial charge in [0.25, 0.3) is 0 Å². The van der Waals surface area contributed by atoms with Crippen LogP contribution in [0.1, 0.15) is 27.2 Å². The molecule has 0 unspecified atom stereocenters. The van der Waals surface area contributed by atoms with Gasteiger partial charge in [-0.25, -0.2) is 13.4 Å². The van der Waals surface area contributed by atoms with Crippen molar-refractivity contribution in [2.24, 2.45) is 0 Å². The molecule has 1 aliphatic rings. The molecule has 0 bridgehead atoms. The Balaban J connectivity index is 2.06. The molecule has 22 heavy (non-hydrogen) atoms. The fourth-order valence-electron chi connectivity index (χ4n) is 2.31. The minimum Gasteiger partial charge on any atom is -0.475 e. The van der Waals surface area contributed by atoms with Crippen molar-refractivity contribution in [3.8, 4) is 5.88 Å². The first kappa shape index (κ1) is 17.2. The van der Waals surface area contributed by atoms with Gasteiger partial charge in [0.1, 0.15) is 4.90 Å². The number of likely N-dealkylation sites (N-methyl/N-ethyl adjacent to an activating group) is 1. The SMILES string of the molecule is CC[C@@H](C)Oc1ccc(S(=O)(=O)N2CCN(CC)CC2)cn1. The van der Waals surface area contributed by atoms with Crippen molar-refractivity contribution in [1.29, 1.82) is 0 Å². The maximum Gasteiger partial charge on any atom is 0.244 e. The molecule has 0 amide bonds. The Morgan fingerprint density at radius 3 is 2.41 bits per heavy atom. The number of piperazine rings is 1. The summed E-state index contributed by atoms with van der Waals surface area (Å²) >= 11 is 0. The Kier molecular flexibility index (Phi) is 5.77. The summed E-state index contributed by atoms with van der Waals surface area (Å²) in [5, 5.41) is 0. The highest BCUT2D eigenvalue weighted by atomic mass is 32.2. The van der Waals surface area contributed by atoms with Gasteiger partial charge in [-0.15, -0.1) is 0 Å². The van der Waals surface area contributed by atoms with Crippen molar-refractivity contribution in [3.63, 3.8) is 0 Å². The first-order valence-electron chi connectivity index (χ1n) is 7.82. The number of aromatic nitrogens is 1. The third-order valence-electron chi connectivity index (χ3n) is 4.02. The van der Waals surface area contributed by atoms with Crippen molar-refractivity contribution in [1.82, 2.24) is 14.2 Å². The van der Waals surface area contributed by atoms with Crippen molar-refractivity contribution in [2.75, 3.05) is 32.7 Å². The van der Waals surface area contributed by atoms with Crippen LogP contribution in [0, 0.1) is 0 Å². The van der Waals surface area contributed by atoms with Gasteiger partial charge >= 0.3 is 0 Å². The Hall–Kier alpha value is -1.18. The number of sulfonamides is 1. The number of nitrogens with zero attached hydrogens (tertiary/aromatic N) is 3. The normalized spacial score (nSPS) is 19.0. The van der Waals surface area contributed by atoms with E-state index < -0.39 is 10.0 Å². The second kappa shape index (κ2) is 7.39. The van der Waals surface area contributed by atoms with Crippen LogP contribution in [0.5, 0.6) is 5.88 Å². The van der Waals surface area contributed by atoms with E-state index in [1.54, 1.807) is 12.1 Å². The third-order valence-corrected chi connectivity index (χ3v) is 5.90. The molecule has 6 nitrogen and oxygen atoms in total. The topological polar surface area (TPSA) is 62.7 Å². The Morgan fingerprint density at radius 2 is 1.91 bits per heavy atom. The summed E-state index contributed by atoms with van der Waals surface area (Å²) in [7, 11) is -3.46. The lowest BCUT2D eigenvalue weighted by atomic mass is 10.3.